The van der Waals surface area contributed by atoms with Gasteiger partial charge in [0.1, 0.15) is 5.82 Å². The Morgan fingerprint density at radius 3 is 2.58 bits per heavy atom. The third kappa shape index (κ3) is 6.57. The van der Waals surface area contributed by atoms with E-state index in [1.54, 1.807) is 18.0 Å². The van der Waals surface area contributed by atoms with E-state index in [-0.39, 0.29) is 24.8 Å². The molecule has 2 N–H and O–H groups in total. The van der Waals surface area contributed by atoms with E-state index in [2.05, 4.69) is 26.6 Å². The standard InChI is InChI=1S/C19H21BrFN3O2/c1-13-10-14(20)6-7-17(13)23-19(26)12-24(2)9-8-18(25)22-16-5-3-4-15(21)11-16/h3-7,10-11H,8-9,12H2,1-2H3,(H,22,25)(H,23,26). The molecule has 0 spiro atoms. The van der Waals surface area contributed by atoms with Gasteiger partial charge in [0.25, 0.3) is 0 Å². The molecule has 0 aliphatic heterocycles. The maximum absolute atomic E-state index is 13.1. The van der Waals surface area contributed by atoms with E-state index >= 15 is 0 Å². The molecule has 0 fully saturated rings. The van der Waals surface area contributed by atoms with Crippen molar-refractivity contribution in [1.82, 2.24) is 4.90 Å². The van der Waals surface area contributed by atoms with Crippen LogP contribution in [0.3, 0.4) is 0 Å². The number of rotatable bonds is 7. The molecule has 0 aliphatic carbocycles. The fraction of sp³-hybridized carbons (Fsp3) is 0.263. The summed E-state index contributed by atoms with van der Waals surface area (Å²) in [6.07, 6.45) is 0.206. The highest BCUT2D eigenvalue weighted by atomic mass is 79.9. The van der Waals surface area contributed by atoms with Crippen LogP contribution in [-0.4, -0.2) is 36.9 Å². The molecule has 0 aromatic heterocycles. The van der Waals surface area contributed by atoms with Gasteiger partial charge in [-0.15, -0.1) is 0 Å². The third-order valence-corrected chi connectivity index (χ3v) is 4.20. The Balaban J connectivity index is 1.76. The zero-order chi connectivity index (χ0) is 19.1. The lowest BCUT2D eigenvalue weighted by Gasteiger charge is -2.17. The van der Waals surface area contributed by atoms with Crippen molar-refractivity contribution < 1.29 is 14.0 Å². The van der Waals surface area contributed by atoms with Crippen molar-refractivity contribution >= 4 is 39.1 Å². The van der Waals surface area contributed by atoms with E-state index in [1.807, 2.05) is 25.1 Å². The van der Waals surface area contributed by atoms with Crippen molar-refractivity contribution in [3.63, 3.8) is 0 Å². The van der Waals surface area contributed by atoms with Crippen LogP contribution in [0.4, 0.5) is 15.8 Å². The predicted octanol–water partition coefficient (Wildman–Crippen LogP) is 3.80. The molecule has 5 nitrogen and oxygen atoms in total. The van der Waals surface area contributed by atoms with Crippen molar-refractivity contribution in [2.45, 2.75) is 13.3 Å². The minimum Gasteiger partial charge on any atom is -0.326 e. The lowest BCUT2D eigenvalue weighted by Crippen LogP contribution is -2.32. The van der Waals surface area contributed by atoms with Gasteiger partial charge in [-0.05, 0) is 55.9 Å². The number of aryl methyl sites for hydroxylation is 1. The third-order valence-electron chi connectivity index (χ3n) is 3.71. The van der Waals surface area contributed by atoms with Gasteiger partial charge in [-0.3, -0.25) is 14.5 Å². The Labute approximate surface area is 160 Å². The molecule has 2 amide bonds. The Kier molecular flexibility index (Phi) is 7.29. The van der Waals surface area contributed by atoms with Crippen LogP contribution in [0.1, 0.15) is 12.0 Å². The number of carbonyl (C=O) groups is 2. The highest BCUT2D eigenvalue weighted by Gasteiger charge is 2.11. The highest BCUT2D eigenvalue weighted by molar-refractivity contribution is 9.10. The number of benzene rings is 2. The van der Waals surface area contributed by atoms with Crippen LogP contribution < -0.4 is 10.6 Å². The van der Waals surface area contributed by atoms with Gasteiger partial charge in [0.15, 0.2) is 0 Å². The molecular formula is C19H21BrFN3O2. The Morgan fingerprint density at radius 2 is 1.88 bits per heavy atom. The zero-order valence-corrected chi connectivity index (χ0v) is 16.3. The van der Waals surface area contributed by atoms with Crippen LogP contribution in [0.2, 0.25) is 0 Å². The predicted molar refractivity (Wildman–Crippen MR) is 105 cm³/mol. The smallest absolute Gasteiger partial charge is 0.238 e. The molecular weight excluding hydrogens is 401 g/mol. The normalized spacial score (nSPS) is 10.7. The van der Waals surface area contributed by atoms with E-state index in [4.69, 9.17) is 0 Å². The van der Waals surface area contributed by atoms with Crippen molar-refractivity contribution in [2.24, 2.45) is 0 Å². The summed E-state index contributed by atoms with van der Waals surface area (Å²) in [7, 11) is 1.77. The SMILES string of the molecule is Cc1cc(Br)ccc1NC(=O)CN(C)CCC(=O)Nc1cccc(F)c1. The highest BCUT2D eigenvalue weighted by Crippen LogP contribution is 2.19. The maximum Gasteiger partial charge on any atom is 0.238 e. The Hall–Kier alpha value is -2.25. The molecule has 2 aromatic carbocycles. The zero-order valence-electron chi connectivity index (χ0n) is 14.7. The average Bonchev–Trinajstić information content (AvgIpc) is 2.55. The van der Waals surface area contributed by atoms with Crippen LogP contribution in [-0.2, 0) is 9.59 Å². The molecule has 2 aromatic rings. The van der Waals surface area contributed by atoms with Crippen LogP contribution in [0.15, 0.2) is 46.9 Å². The first-order valence-corrected chi connectivity index (χ1v) is 8.93. The van der Waals surface area contributed by atoms with Crippen LogP contribution >= 0.6 is 15.9 Å². The maximum atomic E-state index is 13.1. The van der Waals surface area contributed by atoms with Gasteiger partial charge in [-0.1, -0.05) is 22.0 Å². The second kappa shape index (κ2) is 9.45. The number of amides is 2. The summed E-state index contributed by atoms with van der Waals surface area (Å²) in [5.41, 5.74) is 2.14. The molecule has 0 unspecified atom stereocenters. The fourth-order valence-electron chi connectivity index (χ4n) is 2.36. The van der Waals surface area contributed by atoms with Crippen molar-refractivity contribution in [3.8, 4) is 0 Å². The van der Waals surface area contributed by atoms with Gasteiger partial charge in [0, 0.05) is 28.8 Å². The Bertz CT molecular complexity index is 798. The van der Waals surface area contributed by atoms with E-state index in [0.29, 0.717) is 12.2 Å². The first kappa shape index (κ1) is 20.1. The van der Waals surface area contributed by atoms with E-state index in [9.17, 15) is 14.0 Å². The molecule has 7 heteroatoms. The molecule has 0 bridgehead atoms. The number of carbonyl (C=O) groups excluding carboxylic acids is 2. The van der Waals surface area contributed by atoms with Crippen molar-refractivity contribution in [3.05, 3.63) is 58.3 Å². The molecule has 0 saturated carbocycles. The van der Waals surface area contributed by atoms with Crippen molar-refractivity contribution in [1.29, 1.82) is 0 Å². The number of nitrogens with zero attached hydrogens (tertiary/aromatic N) is 1. The molecule has 0 atom stereocenters. The second-order valence-electron chi connectivity index (χ2n) is 6.05. The lowest BCUT2D eigenvalue weighted by molar-refractivity contribution is -0.119. The monoisotopic (exact) mass is 421 g/mol. The second-order valence-corrected chi connectivity index (χ2v) is 6.97. The fourth-order valence-corrected chi connectivity index (χ4v) is 2.84. The largest absolute Gasteiger partial charge is 0.326 e. The summed E-state index contributed by atoms with van der Waals surface area (Å²) in [4.78, 5) is 25.8. The molecule has 0 aliphatic rings. The first-order chi connectivity index (χ1) is 12.3. The quantitative estimate of drug-likeness (QED) is 0.714. The van der Waals surface area contributed by atoms with Gasteiger partial charge >= 0.3 is 0 Å². The summed E-state index contributed by atoms with van der Waals surface area (Å²) in [6, 6.07) is 11.4. The molecule has 0 saturated heterocycles. The number of likely N-dealkylation sites (N-methyl/N-ethyl adjacent to an activating group) is 1. The van der Waals surface area contributed by atoms with E-state index in [1.165, 1.54) is 18.2 Å². The number of nitrogens with one attached hydrogen (secondary N) is 2. The molecule has 26 heavy (non-hydrogen) atoms. The topological polar surface area (TPSA) is 61.4 Å². The molecule has 0 heterocycles. The van der Waals surface area contributed by atoms with Gasteiger partial charge in [-0.25, -0.2) is 4.39 Å². The summed E-state index contributed by atoms with van der Waals surface area (Å²) in [5.74, 6) is -0.783. The summed E-state index contributed by atoms with van der Waals surface area (Å²) in [5, 5.41) is 5.49. The number of anilines is 2. The number of hydrogen-bond donors (Lipinski definition) is 2. The average molecular weight is 422 g/mol. The van der Waals surface area contributed by atoms with Gasteiger partial charge in [0.05, 0.1) is 6.54 Å². The molecule has 138 valence electrons. The number of hydrogen-bond acceptors (Lipinski definition) is 3. The minimum absolute atomic E-state index is 0.150. The first-order valence-electron chi connectivity index (χ1n) is 8.13. The van der Waals surface area contributed by atoms with Gasteiger partial charge < -0.3 is 10.6 Å². The minimum atomic E-state index is -0.403. The van der Waals surface area contributed by atoms with Crippen LogP contribution in [0, 0.1) is 12.7 Å². The van der Waals surface area contributed by atoms with E-state index < -0.39 is 5.82 Å². The van der Waals surface area contributed by atoms with Gasteiger partial charge in [-0.2, -0.15) is 0 Å². The molecule has 2 rings (SSSR count). The number of halogens is 2. The van der Waals surface area contributed by atoms with Crippen LogP contribution in [0.25, 0.3) is 0 Å². The summed E-state index contributed by atoms with van der Waals surface area (Å²) in [6.45, 7) is 2.50. The van der Waals surface area contributed by atoms with Crippen molar-refractivity contribution in [2.75, 3.05) is 30.8 Å². The lowest BCUT2D eigenvalue weighted by atomic mass is 10.2. The van der Waals surface area contributed by atoms with Crippen LogP contribution in [0.5, 0.6) is 0 Å². The van der Waals surface area contributed by atoms with E-state index in [0.717, 1.165) is 15.7 Å². The Morgan fingerprint density at radius 1 is 1.12 bits per heavy atom. The summed E-state index contributed by atoms with van der Waals surface area (Å²) < 4.78 is 14.1. The molecule has 0 radical (unpaired) electrons. The van der Waals surface area contributed by atoms with Gasteiger partial charge in [0.2, 0.25) is 11.8 Å². The summed E-state index contributed by atoms with van der Waals surface area (Å²) >= 11 is 3.38.